The van der Waals surface area contributed by atoms with Gasteiger partial charge in [0.2, 0.25) is 0 Å². The van der Waals surface area contributed by atoms with Crippen molar-refractivity contribution >= 4 is 53.7 Å². The molecule has 0 aromatic carbocycles. The number of esters is 4. The molecule has 0 aliphatic carbocycles. The quantitative estimate of drug-likeness (QED) is 0.0420. The van der Waals surface area contributed by atoms with E-state index < -0.39 is 91.0 Å². The van der Waals surface area contributed by atoms with Crippen LogP contribution < -0.4 is 0 Å². The SMILES string of the molecule is C=CC(=O)O.C=CC(=O)O.C=CC(=O)O.C=CC(=O)O.C=CC(=O)O.C=CC(=O)OCC(COC(=O)C=C)(COC(=O)C=C)COC(=O)C=C.OCC(CO)(CO)CO. The molecule has 0 saturated heterocycles. The van der Waals surface area contributed by atoms with Crippen molar-refractivity contribution < 1.29 is 108 Å². The Balaban J connectivity index is -0.000000129. The van der Waals surface area contributed by atoms with Gasteiger partial charge in [-0.3, -0.25) is 0 Å². The maximum absolute atomic E-state index is 11.3. The van der Waals surface area contributed by atoms with E-state index in [0.29, 0.717) is 0 Å². The number of carbonyl (C=O) groups is 9. The van der Waals surface area contributed by atoms with Gasteiger partial charge in [0.1, 0.15) is 31.8 Å². The van der Waals surface area contributed by atoms with Gasteiger partial charge in [-0.05, 0) is 0 Å². The molecule has 0 radical (unpaired) electrons. The first kappa shape index (κ1) is 66.5. The molecule has 22 nitrogen and oxygen atoms in total. The van der Waals surface area contributed by atoms with Gasteiger partial charge in [-0.15, -0.1) is 0 Å². The Kier molecular flexibility index (Phi) is 50.9. The second kappa shape index (κ2) is 45.1. The monoisotopic (exact) mass is 848 g/mol. The fourth-order valence-electron chi connectivity index (χ4n) is 1.68. The van der Waals surface area contributed by atoms with Gasteiger partial charge in [0, 0.05) is 54.7 Å². The highest BCUT2D eigenvalue weighted by atomic mass is 16.6. The van der Waals surface area contributed by atoms with E-state index in [1.54, 1.807) is 0 Å². The van der Waals surface area contributed by atoms with Crippen LogP contribution in [-0.2, 0) is 62.1 Å². The van der Waals surface area contributed by atoms with Gasteiger partial charge in [-0.2, -0.15) is 0 Å². The van der Waals surface area contributed by atoms with E-state index in [1.807, 2.05) is 0 Å². The normalized spacial score (nSPS) is 8.75. The average molecular weight is 849 g/mol. The number of hydrogen-bond acceptors (Lipinski definition) is 17. The molecule has 22 heteroatoms. The average Bonchev–Trinajstić information content (AvgIpc) is 3.24. The molecule has 0 aliphatic rings. The number of hydrogen-bond donors (Lipinski definition) is 9. The number of aliphatic hydroxyl groups excluding tert-OH is 4. The topological polar surface area (TPSA) is 373 Å². The first-order chi connectivity index (χ1) is 27.4. The molecule has 0 bridgehead atoms. The van der Waals surface area contributed by atoms with Crippen molar-refractivity contribution in [2.75, 3.05) is 52.9 Å². The molecule has 0 fully saturated rings. The highest BCUT2D eigenvalue weighted by molar-refractivity contribution is 5.83. The number of rotatable bonds is 21. The second-order valence-corrected chi connectivity index (χ2v) is 9.59. The molecule has 0 aromatic heterocycles. The first-order valence-electron chi connectivity index (χ1n) is 15.3. The van der Waals surface area contributed by atoms with Crippen LogP contribution in [-0.4, -0.2) is 153 Å². The number of carbonyl (C=O) groups excluding carboxylic acids is 4. The predicted molar refractivity (Wildman–Crippen MR) is 207 cm³/mol. The summed E-state index contributed by atoms with van der Waals surface area (Å²) in [5.74, 6) is -7.95. The van der Waals surface area contributed by atoms with E-state index >= 15 is 0 Å². The van der Waals surface area contributed by atoms with Crippen LogP contribution in [0.3, 0.4) is 0 Å². The molecule has 0 aliphatic heterocycles. The Hall–Kier alpha value is -7.27. The minimum absolute atomic E-state index is 0.378. The van der Waals surface area contributed by atoms with Gasteiger partial charge in [-0.25, -0.2) is 43.2 Å². The second-order valence-electron chi connectivity index (χ2n) is 9.59. The van der Waals surface area contributed by atoms with Crippen LogP contribution in [0.25, 0.3) is 0 Å². The highest BCUT2D eigenvalue weighted by Crippen LogP contribution is 2.21. The summed E-state index contributed by atoms with van der Waals surface area (Å²) < 4.78 is 19.8. The fraction of sp³-hybridized carbons (Fsp3) is 0.270. The van der Waals surface area contributed by atoms with Crippen LogP contribution in [0.4, 0.5) is 0 Å². The Labute approximate surface area is 339 Å². The van der Waals surface area contributed by atoms with Crippen molar-refractivity contribution in [3.63, 3.8) is 0 Å². The van der Waals surface area contributed by atoms with Crippen LogP contribution in [0.5, 0.6) is 0 Å². The standard InChI is InChI=1S/C17H20O8.C5H12O4.5C3H4O2/c1-5-13(18)22-9-17(10-23-14(19)6-2,11-24-15(20)7-3)12-25-16(21)8-4;6-1-5(2-7,3-8)4-9;5*1-2-3(4)5/h5-8H,1-4,9-12H2;6-9H,1-4H2;5*2H,1H2,(H,4,5). The lowest BCUT2D eigenvalue weighted by molar-refractivity contribution is -0.164. The number of aliphatic hydroxyl groups is 4. The van der Waals surface area contributed by atoms with Gasteiger partial charge in [0.25, 0.3) is 0 Å². The summed E-state index contributed by atoms with van der Waals surface area (Å²) in [4.78, 5) is 91.6. The Morgan fingerprint density at radius 2 is 0.458 bits per heavy atom. The molecule has 0 atom stereocenters. The third kappa shape index (κ3) is 55.2. The van der Waals surface area contributed by atoms with E-state index in [9.17, 15) is 43.2 Å². The molecule has 0 spiro atoms. The third-order valence-electron chi connectivity index (χ3n) is 4.96. The van der Waals surface area contributed by atoms with Gasteiger partial charge in [0.05, 0.1) is 31.8 Å². The van der Waals surface area contributed by atoms with Crippen LogP contribution >= 0.6 is 0 Å². The molecule has 332 valence electrons. The lowest BCUT2D eigenvalue weighted by Crippen LogP contribution is -2.43. The summed E-state index contributed by atoms with van der Waals surface area (Å²) >= 11 is 0. The van der Waals surface area contributed by atoms with Gasteiger partial charge < -0.3 is 64.9 Å². The predicted octanol–water partition coefficient (Wildman–Crippen LogP) is 0.117. The summed E-state index contributed by atoms with van der Waals surface area (Å²) in [5, 5.41) is 72.0. The van der Waals surface area contributed by atoms with Crippen molar-refractivity contribution in [2.45, 2.75) is 0 Å². The van der Waals surface area contributed by atoms with Gasteiger partial charge in [-0.1, -0.05) is 59.2 Å². The van der Waals surface area contributed by atoms with Crippen molar-refractivity contribution in [1.82, 2.24) is 0 Å². The summed E-state index contributed by atoms with van der Waals surface area (Å²) in [6.45, 7) is 24.7. The summed E-state index contributed by atoms with van der Waals surface area (Å²) in [5.41, 5.74) is -2.45. The zero-order chi connectivity index (χ0) is 48.0. The smallest absolute Gasteiger partial charge is 0.330 e. The van der Waals surface area contributed by atoms with Crippen LogP contribution in [0, 0.1) is 10.8 Å². The first-order valence-corrected chi connectivity index (χ1v) is 15.3. The number of carboxylic acid groups (broad SMARTS) is 5. The lowest BCUT2D eigenvalue weighted by Gasteiger charge is -2.31. The van der Waals surface area contributed by atoms with Crippen LogP contribution in [0.15, 0.2) is 114 Å². The van der Waals surface area contributed by atoms with Crippen LogP contribution in [0.1, 0.15) is 0 Å². The van der Waals surface area contributed by atoms with E-state index in [2.05, 4.69) is 59.2 Å². The Bertz CT molecular complexity index is 1180. The van der Waals surface area contributed by atoms with Crippen molar-refractivity contribution in [3.05, 3.63) is 114 Å². The number of ether oxygens (including phenoxy) is 4. The maximum Gasteiger partial charge on any atom is 0.330 e. The Morgan fingerprint density at radius 3 is 0.525 bits per heavy atom. The third-order valence-corrected chi connectivity index (χ3v) is 4.96. The largest absolute Gasteiger partial charge is 0.478 e. The van der Waals surface area contributed by atoms with E-state index in [0.717, 1.165) is 54.7 Å². The Morgan fingerprint density at radius 1 is 0.322 bits per heavy atom. The highest BCUT2D eigenvalue weighted by Gasteiger charge is 2.37. The minimum Gasteiger partial charge on any atom is -0.478 e. The molecule has 0 heterocycles. The number of carboxylic acids is 5. The molecule has 9 N–H and O–H groups in total. The number of aliphatic carboxylic acids is 5. The van der Waals surface area contributed by atoms with Crippen molar-refractivity contribution in [1.29, 1.82) is 0 Å². The van der Waals surface area contributed by atoms with Gasteiger partial charge in [0.15, 0.2) is 0 Å². The molecule has 0 rings (SSSR count). The summed E-state index contributed by atoms with van der Waals surface area (Å²) in [6, 6.07) is 0. The molecule has 0 unspecified atom stereocenters. The van der Waals surface area contributed by atoms with Crippen molar-refractivity contribution in [2.24, 2.45) is 10.8 Å². The molecular formula is C37H52O22. The van der Waals surface area contributed by atoms with E-state index in [-0.39, 0.29) is 26.4 Å². The zero-order valence-electron chi connectivity index (χ0n) is 32.0. The van der Waals surface area contributed by atoms with Crippen LogP contribution in [0.2, 0.25) is 0 Å². The molecule has 59 heavy (non-hydrogen) atoms. The van der Waals surface area contributed by atoms with E-state index in [4.69, 9.17) is 64.9 Å². The van der Waals surface area contributed by atoms with Gasteiger partial charge >= 0.3 is 53.7 Å². The van der Waals surface area contributed by atoms with Crippen molar-refractivity contribution in [3.8, 4) is 0 Å². The molecule has 0 amide bonds. The molecule has 0 aromatic rings. The minimum atomic E-state index is -1.34. The lowest BCUT2D eigenvalue weighted by atomic mass is 9.92. The summed E-state index contributed by atoms with van der Waals surface area (Å²) in [7, 11) is 0. The maximum atomic E-state index is 11.3. The summed E-state index contributed by atoms with van der Waals surface area (Å²) in [6.07, 6.45) is 7.86. The zero-order valence-corrected chi connectivity index (χ0v) is 32.0. The molecular weight excluding hydrogens is 796 g/mol. The van der Waals surface area contributed by atoms with E-state index in [1.165, 1.54) is 0 Å². The fourth-order valence-corrected chi connectivity index (χ4v) is 1.68. The molecule has 0 saturated carbocycles.